The number of anilines is 2. The second kappa shape index (κ2) is 10.7. The lowest BCUT2D eigenvalue weighted by molar-refractivity contribution is -0.120. The van der Waals surface area contributed by atoms with E-state index in [1.807, 2.05) is 72.8 Å². The van der Waals surface area contributed by atoms with E-state index in [4.69, 9.17) is 35.4 Å². The van der Waals surface area contributed by atoms with Gasteiger partial charge in [-0.15, -0.1) is 0 Å². The molecule has 2 amide bonds. The van der Waals surface area contributed by atoms with Crippen LogP contribution in [0.3, 0.4) is 0 Å². The van der Waals surface area contributed by atoms with Crippen molar-refractivity contribution in [3.63, 3.8) is 0 Å². The molecule has 0 aliphatic carbocycles. The first kappa shape index (κ1) is 24.9. The summed E-state index contributed by atoms with van der Waals surface area (Å²) in [4.78, 5) is 30.0. The van der Waals surface area contributed by atoms with Crippen molar-refractivity contribution in [1.29, 1.82) is 0 Å². The molecule has 0 aromatic heterocycles. The average molecular weight is 543 g/mol. The molecule has 0 atom stereocenters. The minimum Gasteiger partial charge on any atom is -0.268 e. The van der Waals surface area contributed by atoms with Crippen molar-refractivity contribution in [1.82, 2.24) is 0 Å². The van der Waals surface area contributed by atoms with Gasteiger partial charge in [0.2, 0.25) is 0 Å². The van der Waals surface area contributed by atoms with Crippen LogP contribution in [0.2, 0.25) is 10.0 Å². The van der Waals surface area contributed by atoms with E-state index < -0.39 is 11.8 Å². The maximum atomic E-state index is 13.6. The van der Waals surface area contributed by atoms with E-state index in [2.05, 4.69) is 0 Å². The van der Waals surface area contributed by atoms with Gasteiger partial charge in [0.25, 0.3) is 11.8 Å². The Morgan fingerprint density at radius 3 is 1.70 bits per heavy atom. The van der Waals surface area contributed by atoms with Crippen LogP contribution in [0.4, 0.5) is 11.4 Å². The van der Waals surface area contributed by atoms with Crippen molar-refractivity contribution in [2.24, 2.45) is 0 Å². The van der Waals surface area contributed by atoms with Crippen LogP contribution in [-0.4, -0.2) is 16.9 Å². The molecule has 4 aromatic rings. The standard InChI is InChI=1S/C30H20Cl2N2O2S/c31-26-14-8-7-9-21(26)19-22-16-15-20(18-27(22)32)17-25-28(35)33(23-10-3-1-4-11-23)30(37)34(29(25)36)24-12-5-2-6-13-24/h1-18H,19H2. The van der Waals surface area contributed by atoms with Crippen molar-refractivity contribution in [3.8, 4) is 0 Å². The number of para-hydroxylation sites is 2. The highest BCUT2D eigenvalue weighted by Crippen LogP contribution is 2.31. The molecule has 7 heteroatoms. The Morgan fingerprint density at radius 2 is 1.16 bits per heavy atom. The fraction of sp³-hybridized carbons (Fsp3) is 0.0333. The molecule has 0 spiro atoms. The molecule has 0 saturated carbocycles. The fourth-order valence-electron chi connectivity index (χ4n) is 4.15. The Kier molecular flexibility index (Phi) is 7.19. The SMILES string of the molecule is O=C1C(=Cc2ccc(Cc3ccccc3Cl)c(Cl)c2)C(=O)N(c2ccccc2)C(=S)N1c1ccccc1. The van der Waals surface area contributed by atoms with Crippen LogP contribution in [0.15, 0.2) is 109 Å². The molecule has 0 unspecified atom stereocenters. The minimum atomic E-state index is -0.496. The normalized spacial score (nSPS) is 13.8. The third-order valence-electron chi connectivity index (χ3n) is 6.01. The topological polar surface area (TPSA) is 40.6 Å². The Hall–Kier alpha value is -3.77. The molecule has 4 nitrogen and oxygen atoms in total. The average Bonchev–Trinajstić information content (AvgIpc) is 2.90. The van der Waals surface area contributed by atoms with Crippen molar-refractivity contribution in [2.45, 2.75) is 6.42 Å². The highest BCUT2D eigenvalue weighted by atomic mass is 35.5. The number of benzene rings is 4. The summed E-state index contributed by atoms with van der Waals surface area (Å²) in [6, 6.07) is 31.1. The lowest BCUT2D eigenvalue weighted by atomic mass is 10.0. The smallest absolute Gasteiger partial charge is 0.268 e. The second-order valence-corrected chi connectivity index (χ2v) is 9.59. The zero-order valence-corrected chi connectivity index (χ0v) is 21.8. The van der Waals surface area contributed by atoms with Gasteiger partial charge in [0.15, 0.2) is 5.11 Å². The van der Waals surface area contributed by atoms with Crippen LogP contribution >= 0.6 is 35.4 Å². The summed E-state index contributed by atoms with van der Waals surface area (Å²) in [7, 11) is 0. The lowest BCUT2D eigenvalue weighted by Crippen LogP contribution is -2.56. The van der Waals surface area contributed by atoms with Gasteiger partial charge < -0.3 is 0 Å². The molecule has 1 aliphatic heterocycles. The third kappa shape index (κ3) is 5.07. The van der Waals surface area contributed by atoms with Gasteiger partial charge in [0, 0.05) is 16.5 Å². The Bertz CT molecular complexity index is 1470. The van der Waals surface area contributed by atoms with Gasteiger partial charge in [-0.3, -0.25) is 19.4 Å². The first-order valence-electron chi connectivity index (χ1n) is 11.5. The Morgan fingerprint density at radius 1 is 0.649 bits per heavy atom. The Labute approximate surface area is 230 Å². The van der Waals surface area contributed by atoms with Gasteiger partial charge in [-0.05, 0) is 71.4 Å². The molecular formula is C30H20Cl2N2O2S. The number of carbonyl (C=O) groups is 2. The summed E-state index contributed by atoms with van der Waals surface area (Å²) in [5.74, 6) is -0.991. The molecule has 37 heavy (non-hydrogen) atoms. The number of amides is 2. The molecule has 1 saturated heterocycles. The summed E-state index contributed by atoms with van der Waals surface area (Å²) >= 11 is 18.6. The van der Waals surface area contributed by atoms with E-state index in [0.29, 0.717) is 33.4 Å². The quantitative estimate of drug-likeness (QED) is 0.150. The van der Waals surface area contributed by atoms with Gasteiger partial charge in [-0.1, -0.05) is 89.9 Å². The molecule has 1 heterocycles. The van der Waals surface area contributed by atoms with Crippen molar-refractivity contribution >= 4 is 69.8 Å². The van der Waals surface area contributed by atoms with Crippen molar-refractivity contribution in [2.75, 3.05) is 9.80 Å². The highest BCUT2D eigenvalue weighted by molar-refractivity contribution is 7.81. The predicted octanol–water partition coefficient (Wildman–Crippen LogP) is 7.33. The van der Waals surface area contributed by atoms with Gasteiger partial charge in [-0.2, -0.15) is 0 Å². The number of halogens is 2. The highest BCUT2D eigenvalue weighted by Gasteiger charge is 2.41. The van der Waals surface area contributed by atoms with E-state index in [9.17, 15) is 9.59 Å². The number of hydrogen-bond acceptors (Lipinski definition) is 3. The summed E-state index contributed by atoms with van der Waals surface area (Å²) in [5, 5.41) is 1.28. The largest absolute Gasteiger partial charge is 0.270 e. The van der Waals surface area contributed by atoms with Crippen molar-refractivity contribution < 1.29 is 9.59 Å². The van der Waals surface area contributed by atoms with E-state index in [1.165, 1.54) is 9.80 Å². The van der Waals surface area contributed by atoms with Gasteiger partial charge in [0.05, 0.1) is 11.4 Å². The van der Waals surface area contributed by atoms with Gasteiger partial charge in [0.1, 0.15) is 5.57 Å². The van der Waals surface area contributed by atoms with E-state index in [-0.39, 0.29) is 10.7 Å². The van der Waals surface area contributed by atoms with Crippen LogP contribution in [0.1, 0.15) is 16.7 Å². The molecule has 182 valence electrons. The Balaban J connectivity index is 1.54. The number of carbonyl (C=O) groups excluding carboxylic acids is 2. The monoisotopic (exact) mass is 542 g/mol. The maximum absolute atomic E-state index is 13.6. The number of thiocarbonyl (C=S) groups is 1. The summed E-state index contributed by atoms with van der Waals surface area (Å²) < 4.78 is 0. The van der Waals surface area contributed by atoms with Gasteiger partial charge in [-0.25, -0.2) is 0 Å². The number of hydrogen-bond donors (Lipinski definition) is 0. The molecule has 1 fully saturated rings. The molecule has 1 aliphatic rings. The zero-order valence-electron chi connectivity index (χ0n) is 19.5. The van der Waals surface area contributed by atoms with Crippen LogP contribution in [0.25, 0.3) is 6.08 Å². The first-order valence-corrected chi connectivity index (χ1v) is 12.7. The molecule has 0 radical (unpaired) electrons. The third-order valence-corrected chi connectivity index (χ3v) is 7.09. The molecule has 0 bridgehead atoms. The molecule has 0 N–H and O–H groups in total. The minimum absolute atomic E-state index is 0.0174. The summed E-state index contributed by atoms with van der Waals surface area (Å²) in [6.45, 7) is 0. The number of nitrogens with zero attached hydrogens (tertiary/aromatic N) is 2. The van der Waals surface area contributed by atoms with E-state index in [1.54, 1.807) is 36.4 Å². The maximum Gasteiger partial charge on any atom is 0.270 e. The lowest BCUT2D eigenvalue weighted by Gasteiger charge is -2.36. The predicted molar refractivity (Wildman–Crippen MR) is 154 cm³/mol. The summed E-state index contributed by atoms with van der Waals surface area (Å²) in [6.07, 6.45) is 2.12. The zero-order chi connectivity index (χ0) is 25.9. The molecule has 4 aromatic carbocycles. The van der Waals surface area contributed by atoms with E-state index in [0.717, 1.165) is 11.1 Å². The summed E-state index contributed by atoms with van der Waals surface area (Å²) in [5.41, 5.74) is 3.60. The van der Waals surface area contributed by atoms with E-state index >= 15 is 0 Å². The first-order chi connectivity index (χ1) is 17.9. The van der Waals surface area contributed by atoms with Crippen LogP contribution in [-0.2, 0) is 16.0 Å². The number of rotatable bonds is 5. The second-order valence-electron chi connectivity index (χ2n) is 8.41. The van der Waals surface area contributed by atoms with Crippen molar-refractivity contribution in [3.05, 3.63) is 135 Å². The van der Waals surface area contributed by atoms with Gasteiger partial charge >= 0.3 is 0 Å². The molecule has 5 rings (SSSR count). The molecular weight excluding hydrogens is 523 g/mol. The van der Waals surface area contributed by atoms with Crippen LogP contribution in [0, 0.1) is 0 Å². The van der Waals surface area contributed by atoms with Crippen LogP contribution < -0.4 is 9.80 Å². The fourth-order valence-corrected chi connectivity index (χ4v) is 4.98. The van der Waals surface area contributed by atoms with Crippen LogP contribution in [0.5, 0.6) is 0 Å².